The summed E-state index contributed by atoms with van der Waals surface area (Å²) in [5.74, 6) is -0.383. The van der Waals surface area contributed by atoms with Crippen LogP contribution in [0.5, 0.6) is 5.75 Å². The van der Waals surface area contributed by atoms with Gasteiger partial charge in [-0.3, -0.25) is 4.79 Å². The molecule has 0 saturated heterocycles. The van der Waals surface area contributed by atoms with Crippen LogP contribution in [0.25, 0.3) is 0 Å². The normalized spacial score (nSPS) is 12.6. The van der Waals surface area contributed by atoms with Gasteiger partial charge in [0.2, 0.25) is 10.0 Å². The molecule has 0 radical (unpaired) electrons. The van der Waals surface area contributed by atoms with Gasteiger partial charge in [0.05, 0.1) is 25.7 Å². The first-order valence-corrected chi connectivity index (χ1v) is 9.88. The molecule has 3 N–H and O–H groups in total. The number of sulfonamides is 1. The van der Waals surface area contributed by atoms with Crippen molar-refractivity contribution >= 4 is 21.7 Å². The van der Waals surface area contributed by atoms with E-state index in [0.717, 1.165) is 17.0 Å². The third-order valence-corrected chi connectivity index (χ3v) is 6.15. The Labute approximate surface area is 164 Å². The zero-order valence-electron chi connectivity index (χ0n) is 16.0. The van der Waals surface area contributed by atoms with Crippen LogP contribution in [0.2, 0.25) is 0 Å². The lowest BCUT2D eigenvalue weighted by molar-refractivity contribution is -0.146. The van der Waals surface area contributed by atoms with Crippen molar-refractivity contribution in [2.45, 2.75) is 24.4 Å². The van der Waals surface area contributed by atoms with Crippen molar-refractivity contribution in [3.05, 3.63) is 53.6 Å². The summed E-state index contributed by atoms with van der Waals surface area (Å²) < 4.78 is 37.2. The lowest BCUT2D eigenvalue weighted by atomic mass is 10.1. The molecule has 0 amide bonds. The van der Waals surface area contributed by atoms with Crippen molar-refractivity contribution < 1.29 is 27.8 Å². The van der Waals surface area contributed by atoms with Crippen LogP contribution in [-0.2, 0) is 26.1 Å². The number of ether oxygens (including phenoxy) is 2. The lowest BCUT2D eigenvalue weighted by Gasteiger charge is -2.28. The van der Waals surface area contributed by atoms with Crippen LogP contribution in [0.15, 0.2) is 47.4 Å². The van der Waals surface area contributed by atoms with Gasteiger partial charge in [-0.05, 0) is 42.8 Å². The minimum absolute atomic E-state index is 0.0538. The van der Waals surface area contributed by atoms with Crippen LogP contribution >= 0.6 is 0 Å². The molecular weight excluding hydrogens is 384 g/mol. The predicted molar refractivity (Wildman–Crippen MR) is 104 cm³/mol. The number of nitrogens with zero attached hydrogens (tertiary/aromatic N) is 1. The summed E-state index contributed by atoms with van der Waals surface area (Å²) >= 11 is 0. The molecule has 0 spiro atoms. The van der Waals surface area contributed by atoms with Crippen LogP contribution < -0.4 is 10.5 Å². The standard InChI is InChI=1S/C19H24N2O6S/c1-13-4-9-17(20)14(10-13)11-21(18(12-22)19(23)27-3)28(24,25)16-7-5-15(26-2)6-8-16/h4-10,18,22H,11-12,20H2,1-3H3. The van der Waals surface area contributed by atoms with Gasteiger partial charge in [0.1, 0.15) is 11.8 Å². The number of methoxy groups -OCH3 is 2. The minimum atomic E-state index is -4.16. The number of nitrogen functional groups attached to an aromatic ring is 1. The van der Waals surface area contributed by atoms with E-state index in [1.54, 1.807) is 18.2 Å². The maximum atomic E-state index is 13.3. The number of hydrogen-bond acceptors (Lipinski definition) is 7. The first-order chi connectivity index (χ1) is 13.2. The summed E-state index contributed by atoms with van der Waals surface area (Å²) in [5.41, 5.74) is 7.76. The van der Waals surface area contributed by atoms with Gasteiger partial charge in [-0.25, -0.2) is 8.42 Å². The molecule has 0 aliphatic carbocycles. The summed E-state index contributed by atoms with van der Waals surface area (Å²) in [6.45, 7) is 0.894. The highest BCUT2D eigenvalue weighted by Gasteiger charge is 2.36. The molecule has 8 nitrogen and oxygen atoms in total. The first kappa shape index (κ1) is 21.7. The lowest BCUT2D eigenvalue weighted by Crippen LogP contribution is -2.47. The highest BCUT2D eigenvalue weighted by Crippen LogP contribution is 2.26. The number of anilines is 1. The van der Waals surface area contributed by atoms with Crippen molar-refractivity contribution in [1.29, 1.82) is 0 Å². The molecule has 1 atom stereocenters. The van der Waals surface area contributed by atoms with Crippen molar-refractivity contribution in [1.82, 2.24) is 4.31 Å². The highest BCUT2D eigenvalue weighted by molar-refractivity contribution is 7.89. The summed E-state index contributed by atoms with van der Waals surface area (Å²) in [6.07, 6.45) is 0. The zero-order valence-corrected chi connectivity index (χ0v) is 16.8. The monoisotopic (exact) mass is 408 g/mol. The van der Waals surface area contributed by atoms with Crippen molar-refractivity contribution in [3.8, 4) is 5.75 Å². The molecule has 2 aromatic carbocycles. The smallest absolute Gasteiger partial charge is 0.326 e. The average Bonchev–Trinajstić information content (AvgIpc) is 2.70. The molecule has 0 fully saturated rings. The number of aliphatic hydroxyl groups excluding tert-OH is 1. The van der Waals surface area contributed by atoms with E-state index in [2.05, 4.69) is 4.74 Å². The van der Waals surface area contributed by atoms with E-state index in [0.29, 0.717) is 17.0 Å². The van der Waals surface area contributed by atoms with Crippen LogP contribution in [-0.4, -0.2) is 50.7 Å². The molecule has 0 aliphatic heterocycles. The summed E-state index contributed by atoms with van der Waals surface area (Å²) in [5, 5.41) is 9.73. The van der Waals surface area contributed by atoms with E-state index in [1.165, 1.54) is 31.4 Å². The molecule has 2 rings (SSSR count). The zero-order chi connectivity index (χ0) is 20.9. The molecule has 2 aromatic rings. The Morgan fingerprint density at radius 3 is 2.36 bits per heavy atom. The number of carbonyl (C=O) groups excluding carboxylic acids is 1. The number of carbonyl (C=O) groups is 1. The first-order valence-electron chi connectivity index (χ1n) is 8.44. The second-order valence-corrected chi connectivity index (χ2v) is 8.04. The van der Waals surface area contributed by atoms with E-state index >= 15 is 0 Å². The largest absolute Gasteiger partial charge is 0.497 e. The Hall–Kier alpha value is -2.62. The maximum Gasteiger partial charge on any atom is 0.326 e. The third-order valence-electron chi connectivity index (χ3n) is 4.28. The van der Waals surface area contributed by atoms with Crippen molar-refractivity contribution in [2.24, 2.45) is 0 Å². The second kappa shape index (κ2) is 9.05. The van der Waals surface area contributed by atoms with Crippen LogP contribution in [0.3, 0.4) is 0 Å². The van der Waals surface area contributed by atoms with Crippen LogP contribution in [0.1, 0.15) is 11.1 Å². The Balaban J connectivity index is 2.55. The second-order valence-electron chi connectivity index (χ2n) is 6.15. The fourth-order valence-electron chi connectivity index (χ4n) is 2.70. The van der Waals surface area contributed by atoms with Gasteiger partial charge < -0.3 is 20.3 Å². The van der Waals surface area contributed by atoms with Gasteiger partial charge in [0, 0.05) is 12.2 Å². The molecule has 0 aliphatic rings. The van der Waals surface area contributed by atoms with E-state index in [4.69, 9.17) is 10.5 Å². The number of aryl methyl sites for hydroxylation is 1. The fraction of sp³-hybridized carbons (Fsp3) is 0.316. The Kier molecular flexibility index (Phi) is 7.00. The Morgan fingerprint density at radius 1 is 1.18 bits per heavy atom. The highest BCUT2D eigenvalue weighted by atomic mass is 32.2. The van der Waals surface area contributed by atoms with Gasteiger partial charge in [-0.2, -0.15) is 4.31 Å². The number of hydrogen-bond donors (Lipinski definition) is 2. The Bertz CT molecular complexity index is 928. The molecule has 0 aromatic heterocycles. The summed E-state index contributed by atoms with van der Waals surface area (Å²) in [4.78, 5) is 12.1. The maximum absolute atomic E-state index is 13.3. The third kappa shape index (κ3) is 4.61. The molecule has 1 unspecified atom stereocenters. The van der Waals surface area contributed by atoms with Gasteiger partial charge in [-0.15, -0.1) is 0 Å². The molecule has 152 valence electrons. The molecule has 9 heteroatoms. The quantitative estimate of drug-likeness (QED) is 0.499. The molecular formula is C19H24N2O6S. The van der Waals surface area contributed by atoms with Crippen molar-refractivity contribution in [2.75, 3.05) is 26.6 Å². The summed E-state index contributed by atoms with van der Waals surface area (Å²) in [6, 6.07) is 9.50. The minimum Gasteiger partial charge on any atom is -0.497 e. The predicted octanol–water partition coefficient (Wildman–Crippen LogP) is 1.31. The fourth-order valence-corrected chi connectivity index (χ4v) is 4.25. The summed E-state index contributed by atoms with van der Waals surface area (Å²) in [7, 11) is -1.56. The number of rotatable bonds is 8. The topological polar surface area (TPSA) is 119 Å². The average molecular weight is 408 g/mol. The number of benzene rings is 2. The van der Waals surface area contributed by atoms with Crippen LogP contribution in [0.4, 0.5) is 5.69 Å². The van der Waals surface area contributed by atoms with E-state index in [-0.39, 0.29) is 11.4 Å². The van der Waals surface area contributed by atoms with Gasteiger partial charge in [0.15, 0.2) is 0 Å². The van der Waals surface area contributed by atoms with Crippen LogP contribution in [0, 0.1) is 6.92 Å². The molecule has 0 saturated carbocycles. The number of esters is 1. The molecule has 0 heterocycles. The van der Waals surface area contributed by atoms with Gasteiger partial charge in [0.25, 0.3) is 0 Å². The van der Waals surface area contributed by atoms with Gasteiger partial charge >= 0.3 is 5.97 Å². The number of nitrogens with two attached hydrogens (primary N) is 1. The van der Waals surface area contributed by atoms with Gasteiger partial charge in [-0.1, -0.05) is 17.7 Å². The molecule has 28 heavy (non-hydrogen) atoms. The molecule has 0 bridgehead atoms. The number of aliphatic hydroxyl groups is 1. The van der Waals surface area contributed by atoms with E-state index < -0.39 is 28.6 Å². The Morgan fingerprint density at radius 2 is 1.82 bits per heavy atom. The van der Waals surface area contributed by atoms with Crippen molar-refractivity contribution in [3.63, 3.8) is 0 Å². The SMILES string of the molecule is COC(=O)C(CO)N(Cc1cc(C)ccc1N)S(=O)(=O)c1ccc(OC)cc1. The van der Waals surface area contributed by atoms with E-state index in [9.17, 15) is 18.3 Å². The van der Waals surface area contributed by atoms with E-state index in [1.807, 2.05) is 6.92 Å².